The number of hydrogen-bond donors (Lipinski definition) is 0. The van der Waals surface area contributed by atoms with Crippen LogP contribution in [0.1, 0.15) is 35.7 Å². The number of aromatic nitrogens is 2. The zero-order chi connectivity index (χ0) is 21.1. The van der Waals surface area contributed by atoms with E-state index in [2.05, 4.69) is 23.8 Å². The highest BCUT2D eigenvalue weighted by Crippen LogP contribution is 2.18. The maximum atomic E-state index is 12.6. The fraction of sp³-hybridized carbons (Fsp3) is 0.292. The fourth-order valence-electron chi connectivity index (χ4n) is 3.66. The lowest BCUT2D eigenvalue weighted by Crippen LogP contribution is -2.49. The van der Waals surface area contributed by atoms with Gasteiger partial charge >= 0.3 is 0 Å². The Bertz CT molecular complexity index is 1070. The highest BCUT2D eigenvalue weighted by Gasteiger charge is 2.23. The summed E-state index contributed by atoms with van der Waals surface area (Å²) < 4.78 is 1.45. The standard InChI is InChI=1S/C24H26N4O2/c1-18(2)19-8-10-21(11-9-19)28-23(29)13-12-22(25-28)26-14-16-27(17-15-26)24(30)20-6-4-3-5-7-20/h3-13,18H,14-17H2,1-2H3. The predicted octanol–water partition coefficient (Wildman–Crippen LogP) is 3.32. The number of benzene rings is 2. The van der Waals surface area contributed by atoms with Crippen molar-refractivity contribution in [1.82, 2.24) is 14.7 Å². The van der Waals surface area contributed by atoms with Crippen LogP contribution in [0.25, 0.3) is 5.69 Å². The van der Waals surface area contributed by atoms with Crippen molar-refractivity contribution in [1.29, 1.82) is 0 Å². The van der Waals surface area contributed by atoms with Gasteiger partial charge in [-0.15, -0.1) is 5.10 Å². The molecule has 6 nitrogen and oxygen atoms in total. The van der Waals surface area contributed by atoms with Crippen LogP contribution in [0.4, 0.5) is 5.82 Å². The number of anilines is 1. The highest BCUT2D eigenvalue weighted by molar-refractivity contribution is 5.94. The summed E-state index contributed by atoms with van der Waals surface area (Å²) in [6.45, 7) is 6.88. The van der Waals surface area contributed by atoms with Crippen molar-refractivity contribution < 1.29 is 4.79 Å². The molecule has 1 amide bonds. The van der Waals surface area contributed by atoms with Gasteiger partial charge in [-0.3, -0.25) is 9.59 Å². The molecule has 0 bridgehead atoms. The minimum atomic E-state index is -0.158. The van der Waals surface area contributed by atoms with E-state index in [-0.39, 0.29) is 11.5 Å². The molecule has 0 saturated carbocycles. The molecule has 0 radical (unpaired) electrons. The monoisotopic (exact) mass is 402 g/mol. The second-order valence-corrected chi connectivity index (χ2v) is 7.83. The summed E-state index contributed by atoms with van der Waals surface area (Å²) in [5.74, 6) is 1.23. The van der Waals surface area contributed by atoms with Crippen LogP contribution >= 0.6 is 0 Å². The Kier molecular flexibility index (Phi) is 5.65. The van der Waals surface area contributed by atoms with Crippen molar-refractivity contribution in [3.05, 3.63) is 88.2 Å². The number of rotatable bonds is 4. The van der Waals surface area contributed by atoms with E-state index in [9.17, 15) is 9.59 Å². The van der Waals surface area contributed by atoms with E-state index in [1.807, 2.05) is 59.5 Å². The lowest BCUT2D eigenvalue weighted by Gasteiger charge is -2.35. The van der Waals surface area contributed by atoms with Crippen LogP contribution in [0.5, 0.6) is 0 Å². The van der Waals surface area contributed by atoms with Crippen molar-refractivity contribution in [3.8, 4) is 5.69 Å². The molecular formula is C24H26N4O2. The average molecular weight is 402 g/mol. The number of amides is 1. The van der Waals surface area contributed by atoms with E-state index in [0.717, 1.165) is 11.5 Å². The molecular weight excluding hydrogens is 376 g/mol. The third kappa shape index (κ3) is 4.13. The van der Waals surface area contributed by atoms with Crippen LogP contribution in [0.3, 0.4) is 0 Å². The Labute approximate surface area is 176 Å². The number of piperazine rings is 1. The molecule has 0 N–H and O–H groups in total. The summed E-state index contributed by atoms with van der Waals surface area (Å²) in [5.41, 5.74) is 2.53. The van der Waals surface area contributed by atoms with Crippen molar-refractivity contribution in [3.63, 3.8) is 0 Å². The van der Waals surface area contributed by atoms with Gasteiger partial charge in [0, 0.05) is 37.8 Å². The van der Waals surface area contributed by atoms with Crippen LogP contribution in [0, 0.1) is 0 Å². The molecule has 0 atom stereocenters. The Hall–Kier alpha value is -3.41. The van der Waals surface area contributed by atoms with E-state index < -0.39 is 0 Å². The minimum Gasteiger partial charge on any atom is -0.352 e. The van der Waals surface area contributed by atoms with E-state index in [1.54, 1.807) is 12.1 Å². The Morgan fingerprint density at radius 3 is 2.17 bits per heavy atom. The second-order valence-electron chi connectivity index (χ2n) is 7.83. The topological polar surface area (TPSA) is 58.4 Å². The van der Waals surface area contributed by atoms with Crippen LogP contribution in [-0.4, -0.2) is 46.8 Å². The zero-order valence-corrected chi connectivity index (χ0v) is 17.4. The van der Waals surface area contributed by atoms with E-state index in [4.69, 9.17) is 0 Å². The van der Waals surface area contributed by atoms with Crippen LogP contribution < -0.4 is 10.5 Å². The molecule has 0 unspecified atom stereocenters. The molecule has 2 aromatic carbocycles. The summed E-state index contributed by atoms with van der Waals surface area (Å²) in [6.07, 6.45) is 0. The van der Waals surface area contributed by atoms with Gasteiger partial charge in [-0.2, -0.15) is 4.68 Å². The second kappa shape index (κ2) is 8.53. The van der Waals surface area contributed by atoms with Gasteiger partial charge in [-0.05, 0) is 41.8 Å². The van der Waals surface area contributed by atoms with Crippen molar-refractivity contribution in [2.45, 2.75) is 19.8 Å². The quantitative estimate of drug-likeness (QED) is 0.672. The van der Waals surface area contributed by atoms with Gasteiger partial charge in [-0.1, -0.05) is 44.2 Å². The summed E-state index contributed by atoms with van der Waals surface area (Å²) in [4.78, 5) is 29.0. The molecule has 0 spiro atoms. The number of carbonyl (C=O) groups is 1. The third-order valence-electron chi connectivity index (χ3n) is 5.50. The molecule has 30 heavy (non-hydrogen) atoms. The summed E-state index contributed by atoms with van der Waals surface area (Å²) >= 11 is 0. The molecule has 6 heteroatoms. The third-order valence-corrected chi connectivity index (χ3v) is 5.50. The molecule has 1 aliphatic heterocycles. The summed E-state index contributed by atoms with van der Waals surface area (Å²) in [7, 11) is 0. The van der Waals surface area contributed by atoms with Crippen LogP contribution in [0.15, 0.2) is 71.5 Å². The normalized spacial score (nSPS) is 14.2. The number of hydrogen-bond acceptors (Lipinski definition) is 4. The van der Waals surface area contributed by atoms with Crippen LogP contribution in [0.2, 0.25) is 0 Å². The number of nitrogens with zero attached hydrogens (tertiary/aromatic N) is 4. The molecule has 1 aliphatic rings. The Morgan fingerprint density at radius 1 is 0.867 bits per heavy atom. The van der Waals surface area contributed by atoms with Gasteiger partial charge in [0.15, 0.2) is 0 Å². The largest absolute Gasteiger partial charge is 0.352 e. The van der Waals surface area contributed by atoms with Gasteiger partial charge in [0.05, 0.1) is 5.69 Å². The first-order chi connectivity index (χ1) is 14.5. The highest BCUT2D eigenvalue weighted by atomic mass is 16.2. The lowest BCUT2D eigenvalue weighted by atomic mass is 10.0. The Balaban J connectivity index is 1.49. The molecule has 3 aromatic rings. The average Bonchev–Trinajstić information content (AvgIpc) is 2.80. The first-order valence-electron chi connectivity index (χ1n) is 10.3. The van der Waals surface area contributed by atoms with Gasteiger partial charge in [0.25, 0.3) is 11.5 Å². The predicted molar refractivity (Wildman–Crippen MR) is 118 cm³/mol. The first-order valence-corrected chi connectivity index (χ1v) is 10.3. The molecule has 0 aliphatic carbocycles. The SMILES string of the molecule is CC(C)c1ccc(-n2nc(N3CCN(C(=O)c4ccccc4)CC3)ccc2=O)cc1. The maximum absolute atomic E-state index is 12.6. The Morgan fingerprint density at radius 2 is 1.53 bits per heavy atom. The zero-order valence-electron chi connectivity index (χ0n) is 17.4. The molecule has 1 fully saturated rings. The van der Waals surface area contributed by atoms with Crippen molar-refractivity contribution in [2.75, 3.05) is 31.1 Å². The van der Waals surface area contributed by atoms with Crippen molar-refractivity contribution >= 4 is 11.7 Å². The molecule has 2 heterocycles. The van der Waals surface area contributed by atoms with Crippen LogP contribution in [-0.2, 0) is 0 Å². The molecule has 4 rings (SSSR count). The van der Waals surface area contributed by atoms with Gasteiger partial charge in [-0.25, -0.2) is 0 Å². The first kappa shape index (κ1) is 19.9. The maximum Gasteiger partial charge on any atom is 0.271 e. The molecule has 1 aromatic heterocycles. The minimum absolute atomic E-state index is 0.0541. The van der Waals surface area contributed by atoms with E-state index in [0.29, 0.717) is 37.7 Å². The van der Waals surface area contributed by atoms with Gasteiger partial charge in [0.1, 0.15) is 5.82 Å². The van der Waals surface area contributed by atoms with E-state index >= 15 is 0 Å². The summed E-state index contributed by atoms with van der Waals surface area (Å²) in [6, 6.07) is 20.6. The smallest absolute Gasteiger partial charge is 0.271 e. The van der Waals surface area contributed by atoms with Gasteiger partial charge < -0.3 is 9.80 Å². The molecule has 154 valence electrons. The van der Waals surface area contributed by atoms with E-state index in [1.165, 1.54) is 10.2 Å². The molecule has 1 saturated heterocycles. The van der Waals surface area contributed by atoms with Gasteiger partial charge in [0.2, 0.25) is 0 Å². The lowest BCUT2D eigenvalue weighted by molar-refractivity contribution is 0.0746. The number of carbonyl (C=O) groups excluding carboxylic acids is 1. The van der Waals surface area contributed by atoms with Crippen molar-refractivity contribution in [2.24, 2.45) is 0 Å². The fourth-order valence-corrected chi connectivity index (χ4v) is 3.66. The summed E-state index contributed by atoms with van der Waals surface area (Å²) in [5, 5.41) is 4.60.